The Morgan fingerprint density at radius 2 is 2.23 bits per heavy atom. The van der Waals surface area contributed by atoms with Crippen molar-refractivity contribution in [2.45, 2.75) is 32.1 Å². The molecule has 0 aromatic heterocycles. The van der Waals surface area contributed by atoms with Crippen LogP contribution in [0.1, 0.15) is 36.8 Å². The van der Waals surface area contributed by atoms with Crippen LogP contribution >= 0.6 is 15.9 Å². The van der Waals surface area contributed by atoms with Gasteiger partial charge in [0, 0.05) is 0 Å². The van der Waals surface area contributed by atoms with Gasteiger partial charge in [-0.05, 0) is 64.4 Å². The molecule has 0 spiro atoms. The molecular formula is C11H12BrF. The lowest BCUT2D eigenvalue weighted by Gasteiger charge is -2.22. The Morgan fingerprint density at radius 1 is 1.46 bits per heavy atom. The van der Waals surface area contributed by atoms with Gasteiger partial charge in [0.05, 0.1) is 4.47 Å². The van der Waals surface area contributed by atoms with Crippen LogP contribution in [0.3, 0.4) is 0 Å². The number of halogens is 2. The van der Waals surface area contributed by atoms with E-state index in [1.165, 1.54) is 24.0 Å². The average molecular weight is 243 g/mol. The third kappa shape index (κ3) is 1.64. The van der Waals surface area contributed by atoms with Gasteiger partial charge in [-0.25, -0.2) is 4.39 Å². The minimum absolute atomic E-state index is 0.132. The molecule has 0 N–H and O–H groups in total. The van der Waals surface area contributed by atoms with Crippen LogP contribution in [0.2, 0.25) is 0 Å². The molecule has 0 nitrogen and oxygen atoms in total. The van der Waals surface area contributed by atoms with Crippen molar-refractivity contribution >= 4 is 15.9 Å². The first-order chi connectivity index (χ1) is 6.18. The summed E-state index contributed by atoms with van der Waals surface area (Å²) in [4.78, 5) is 0. The molecular weight excluding hydrogens is 231 g/mol. The summed E-state index contributed by atoms with van der Waals surface area (Å²) < 4.78 is 13.8. The molecule has 0 saturated heterocycles. The molecule has 0 aliphatic heterocycles. The van der Waals surface area contributed by atoms with E-state index < -0.39 is 0 Å². The lowest BCUT2D eigenvalue weighted by molar-refractivity contribution is 0.572. The molecule has 2 heteroatoms. The molecule has 0 radical (unpaired) electrons. The van der Waals surface area contributed by atoms with Crippen LogP contribution in [0.25, 0.3) is 0 Å². The van der Waals surface area contributed by atoms with Gasteiger partial charge in [-0.15, -0.1) is 0 Å². The standard InChI is InChI=1S/C11H12BrF/c1-7-3-2-4-8-5-11(13)10(12)6-9(7)8/h5-7H,2-4H2,1H3. The third-order valence-electron chi connectivity index (χ3n) is 2.80. The van der Waals surface area contributed by atoms with Gasteiger partial charge in [0.1, 0.15) is 5.82 Å². The van der Waals surface area contributed by atoms with Crippen molar-refractivity contribution in [1.82, 2.24) is 0 Å². The zero-order valence-corrected chi connectivity index (χ0v) is 9.20. The van der Waals surface area contributed by atoms with Gasteiger partial charge in [-0.3, -0.25) is 0 Å². The van der Waals surface area contributed by atoms with Crippen molar-refractivity contribution in [3.8, 4) is 0 Å². The van der Waals surface area contributed by atoms with E-state index in [0.29, 0.717) is 10.4 Å². The predicted octanol–water partition coefficient (Wildman–Crippen LogP) is 4.03. The number of fused-ring (bicyclic) bond motifs is 1. The molecule has 0 amide bonds. The van der Waals surface area contributed by atoms with Gasteiger partial charge in [-0.1, -0.05) is 6.92 Å². The summed E-state index contributed by atoms with van der Waals surface area (Å²) in [5.41, 5.74) is 2.51. The highest BCUT2D eigenvalue weighted by molar-refractivity contribution is 9.10. The Balaban J connectivity index is 2.52. The first kappa shape index (κ1) is 9.20. The van der Waals surface area contributed by atoms with Crippen molar-refractivity contribution in [2.75, 3.05) is 0 Å². The molecule has 1 aromatic rings. The number of benzene rings is 1. The number of aryl methyl sites for hydroxylation is 1. The van der Waals surface area contributed by atoms with Crippen LogP contribution in [-0.2, 0) is 6.42 Å². The molecule has 0 fully saturated rings. The second-order valence-electron chi connectivity index (χ2n) is 3.76. The molecule has 1 aliphatic carbocycles. The quantitative estimate of drug-likeness (QED) is 0.645. The molecule has 70 valence electrons. The van der Waals surface area contributed by atoms with Crippen LogP contribution < -0.4 is 0 Å². The molecule has 1 atom stereocenters. The zero-order chi connectivity index (χ0) is 9.42. The Labute approximate surface area is 86.3 Å². The Bertz CT molecular complexity index is 333. The SMILES string of the molecule is CC1CCCc2cc(F)c(Br)cc21. The number of rotatable bonds is 0. The molecule has 0 heterocycles. The van der Waals surface area contributed by atoms with Crippen molar-refractivity contribution in [2.24, 2.45) is 0 Å². The van der Waals surface area contributed by atoms with Gasteiger partial charge in [0.25, 0.3) is 0 Å². The normalized spacial score (nSPS) is 21.3. The van der Waals surface area contributed by atoms with Crippen LogP contribution in [0.4, 0.5) is 4.39 Å². The van der Waals surface area contributed by atoms with E-state index in [0.717, 1.165) is 6.42 Å². The zero-order valence-electron chi connectivity index (χ0n) is 7.61. The van der Waals surface area contributed by atoms with Gasteiger partial charge in [0.2, 0.25) is 0 Å². The monoisotopic (exact) mass is 242 g/mol. The fraction of sp³-hybridized carbons (Fsp3) is 0.455. The fourth-order valence-corrected chi connectivity index (χ4v) is 2.39. The van der Waals surface area contributed by atoms with Crippen molar-refractivity contribution in [3.63, 3.8) is 0 Å². The highest BCUT2D eigenvalue weighted by atomic mass is 79.9. The molecule has 13 heavy (non-hydrogen) atoms. The minimum Gasteiger partial charge on any atom is -0.206 e. The fourth-order valence-electron chi connectivity index (χ4n) is 2.03. The van der Waals surface area contributed by atoms with Crippen LogP contribution in [0, 0.1) is 5.82 Å². The highest BCUT2D eigenvalue weighted by Gasteiger charge is 2.17. The predicted molar refractivity (Wildman–Crippen MR) is 55.5 cm³/mol. The Kier molecular flexibility index (Phi) is 2.41. The van der Waals surface area contributed by atoms with Crippen molar-refractivity contribution < 1.29 is 4.39 Å². The maximum absolute atomic E-state index is 13.2. The van der Waals surface area contributed by atoms with Crippen molar-refractivity contribution in [1.29, 1.82) is 0 Å². The third-order valence-corrected chi connectivity index (χ3v) is 3.40. The van der Waals surface area contributed by atoms with Gasteiger partial charge < -0.3 is 0 Å². The minimum atomic E-state index is -0.132. The number of hydrogen-bond acceptors (Lipinski definition) is 0. The average Bonchev–Trinajstić information content (AvgIpc) is 2.09. The summed E-state index contributed by atoms with van der Waals surface area (Å²) in [6.07, 6.45) is 3.45. The largest absolute Gasteiger partial charge is 0.206 e. The summed E-state index contributed by atoms with van der Waals surface area (Å²) in [6, 6.07) is 3.61. The van der Waals surface area contributed by atoms with E-state index in [-0.39, 0.29) is 5.82 Å². The molecule has 1 aromatic carbocycles. The summed E-state index contributed by atoms with van der Waals surface area (Å²) in [6.45, 7) is 2.21. The van der Waals surface area contributed by atoms with Crippen LogP contribution in [0.5, 0.6) is 0 Å². The Hall–Kier alpha value is -0.370. The molecule has 2 rings (SSSR count). The molecule has 1 aliphatic rings. The molecule has 0 saturated carbocycles. The van der Waals surface area contributed by atoms with E-state index in [4.69, 9.17) is 0 Å². The smallest absolute Gasteiger partial charge is 0.137 e. The summed E-state index contributed by atoms with van der Waals surface area (Å²) >= 11 is 3.23. The summed E-state index contributed by atoms with van der Waals surface area (Å²) in [5.74, 6) is 0.452. The van der Waals surface area contributed by atoms with E-state index in [1.54, 1.807) is 6.07 Å². The first-order valence-electron chi connectivity index (χ1n) is 4.66. The maximum Gasteiger partial charge on any atom is 0.137 e. The van der Waals surface area contributed by atoms with Crippen LogP contribution in [-0.4, -0.2) is 0 Å². The van der Waals surface area contributed by atoms with E-state index in [1.807, 2.05) is 6.07 Å². The summed E-state index contributed by atoms with van der Waals surface area (Å²) in [7, 11) is 0. The Morgan fingerprint density at radius 3 is 3.00 bits per heavy atom. The van der Waals surface area contributed by atoms with E-state index in [2.05, 4.69) is 22.9 Å². The van der Waals surface area contributed by atoms with Gasteiger partial charge in [0.15, 0.2) is 0 Å². The van der Waals surface area contributed by atoms with E-state index in [9.17, 15) is 4.39 Å². The lowest BCUT2D eigenvalue weighted by atomic mass is 9.84. The molecule has 0 bridgehead atoms. The van der Waals surface area contributed by atoms with Crippen molar-refractivity contribution in [3.05, 3.63) is 33.5 Å². The molecule has 1 unspecified atom stereocenters. The topological polar surface area (TPSA) is 0 Å². The second-order valence-corrected chi connectivity index (χ2v) is 4.61. The lowest BCUT2D eigenvalue weighted by Crippen LogP contribution is -2.07. The van der Waals surface area contributed by atoms with Crippen LogP contribution in [0.15, 0.2) is 16.6 Å². The highest BCUT2D eigenvalue weighted by Crippen LogP contribution is 2.34. The second kappa shape index (κ2) is 3.41. The van der Waals surface area contributed by atoms with Gasteiger partial charge >= 0.3 is 0 Å². The van der Waals surface area contributed by atoms with E-state index >= 15 is 0 Å². The number of hydrogen-bond donors (Lipinski definition) is 0. The first-order valence-corrected chi connectivity index (χ1v) is 5.45. The van der Waals surface area contributed by atoms with Gasteiger partial charge in [-0.2, -0.15) is 0 Å². The maximum atomic E-state index is 13.2. The summed E-state index contributed by atoms with van der Waals surface area (Å²) in [5, 5.41) is 0.